The van der Waals surface area contributed by atoms with Crippen molar-refractivity contribution in [3.05, 3.63) is 103 Å². The summed E-state index contributed by atoms with van der Waals surface area (Å²) >= 11 is 3.34. The Morgan fingerprint density at radius 3 is 2.38 bits per heavy atom. The monoisotopic (exact) mass is 523 g/mol. The third-order valence-corrected chi connectivity index (χ3v) is 5.47. The van der Waals surface area contributed by atoms with Gasteiger partial charge in [0.1, 0.15) is 11.4 Å². The molecule has 0 atom stereocenters. The Labute approximate surface area is 204 Å². The smallest absolute Gasteiger partial charge is 0.272 e. The molecule has 0 aliphatic rings. The minimum absolute atomic E-state index is 0.0839. The fraction of sp³-hybridized carbons (Fsp3) is 0.120. The van der Waals surface area contributed by atoms with Gasteiger partial charge in [-0.25, -0.2) is 0 Å². The fourth-order valence-corrected chi connectivity index (χ4v) is 3.72. The maximum Gasteiger partial charge on any atom is 0.272 e. The van der Waals surface area contributed by atoms with Crippen molar-refractivity contribution < 1.29 is 19.2 Å². The summed E-state index contributed by atoms with van der Waals surface area (Å²) in [6.45, 7) is 3.81. The highest BCUT2D eigenvalue weighted by Gasteiger charge is 2.18. The lowest BCUT2D eigenvalue weighted by Gasteiger charge is -2.13. The molecule has 3 rings (SSSR count). The molecule has 8 nitrogen and oxygen atoms in total. The van der Waals surface area contributed by atoms with Gasteiger partial charge in [-0.15, -0.1) is 0 Å². The Hall–Kier alpha value is -3.98. The molecule has 0 spiro atoms. The van der Waals surface area contributed by atoms with Crippen LogP contribution in [0.15, 0.2) is 70.8 Å². The zero-order valence-corrected chi connectivity index (χ0v) is 20.3. The number of nitrogens with one attached hydrogen (secondary N) is 2. The molecule has 0 aromatic heterocycles. The maximum atomic E-state index is 13.2. The molecule has 2 amide bonds. The van der Waals surface area contributed by atoms with E-state index in [4.69, 9.17) is 4.74 Å². The molecular formula is C25H22BrN3O5. The van der Waals surface area contributed by atoms with E-state index >= 15 is 0 Å². The minimum Gasteiger partial charge on any atom is -0.497 e. The fourth-order valence-electron chi connectivity index (χ4n) is 3.29. The number of nitro benzene ring substituents is 1. The van der Waals surface area contributed by atoms with Crippen molar-refractivity contribution in [3.8, 4) is 5.75 Å². The first-order valence-electron chi connectivity index (χ1n) is 10.2. The number of hydrogen-bond donors (Lipinski definition) is 2. The average molecular weight is 524 g/mol. The normalized spacial score (nSPS) is 11.0. The molecule has 174 valence electrons. The number of ether oxygens (including phenoxy) is 1. The van der Waals surface area contributed by atoms with Crippen LogP contribution in [0.3, 0.4) is 0 Å². The van der Waals surface area contributed by atoms with Crippen LogP contribution in [-0.2, 0) is 4.79 Å². The summed E-state index contributed by atoms with van der Waals surface area (Å²) in [5.74, 6) is -0.667. The van der Waals surface area contributed by atoms with Gasteiger partial charge in [-0.3, -0.25) is 19.7 Å². The third kappa shape index (κ3) is 6.29. The van der Waals surface area contributed by atoms with Crippen molar-refractivity contribution in [1.82, 2.24) is 5.32 Å². The van der Waals surface area contributed by atoms with Crippen LogP contribution in [0.25, 0.3) is 6.08 Å². The molecule has 0 aliphatic heterocycles. The number of carbonyl (C=O) groups excluding carboxylic acids is 2. The van der Waals surface area contributed by atoms with Gasteiger partial charge in [-0.05, 0) is 82.9 Å². The molecule has 0 heterocycles. The van der Waals surface area contributed by atoms with Crippen LogP contribution in [0.1, 0.15) is 27.0 Å². The number of hydrogen-bond acceptors (Lipinski definition) is 5. The van der Waals surface area contributed by atoms with Gasteiger partial charge in [0.15, 0.2) is 0 Å². The molecule has 0 saturated carbocycles. The Morgan fingerprint density at radius 2 is 1.74 bits per heavy atom. The Balaban J connectivity index is 1.99. The number of amides is 2. The lowest BCUT2D eigenvalue weighted by atomic mass is 10.1. The van der Waals surface area contributed by atoms with E-state index in [1.807, 2.05) is 19.9 Å². The van der Waals surface area contributed by atoms with Crippen LogP contribution in [0, 0.1) is 24.0 Å². The van der Waals surface area contributed by atoms with Gasteiger partial charge in [0, 0.05) is 22.3 Å². The first-order chi connectivity index (χ1) is 16.2. The van der Waals surface area contributed by atoms with Gasteiger partial charge in [0.05, 0.1) is 17.6 Å². The molecule has 2 N–H and O–H groups in total. The van der Waals surface area contributed by atoms with Gasteiger partial charge in [-0.2, -0.15) is 0 Å². The Morgan fingerprint density at radius 1 is 1.03 bits per heavy atom. The second kappa shape index (κ2) is 10.8. The van der Waals surface area contributed by atoms with Crippen molar-refractivity contribution in [3.63, 3.8) is 0 Å². The summed E-state index contributed by atoms with van der Waals surface area (Å²) in [7, 11) is 1.48. The third-order valence-electron chi connectivity index (χ3n) is 4.78. The molecule has 0 saturated heterocycles. The van der Waals surface area contributed by atoms with Crippen molar-refractivity contribution in [2.24, 2.45) is 0 Å². The van der Waals surface area contributed by atoms with Gasteiger partial charge >= 0.3 is 0 Å². The highest BCUT2D eigenvalue weighted by Crippen LogP contribution is 2.23. The zero-order chi connectivity index (χ0) is 24.8. The maximum absolute atomic E-state index is 13.2. The summed E-state index contributed by atoms with van der Waals surface area (Å²) in [4.78, 5) is 36.8. The number of halogens is 1. The van der Waals surface area contributed by atoms with E-state index < -0.39 is 16.7 Å². The van der Waals surface area contributed by atoms with Crippen molar-refractivity contribution in [1.29, 1.82) is 0 Å². The van der Waals surface area contributed by atoms with E-state index in [1.54, 1.807) is 30.3 Å². The van der Waals surface area contributed by atoms with Crippen LogP contribution in [0.2, 0.25) is 0 Å². The molecule has 0 aliphatic carbocycles. The molecule has 34 heavy (non-hydrogen) atoms. The number of carbonyl (C=O) groups is 2. The SMILES string of the molecule is COc1ccc(Br)c(C(=O)N/C(=C/c2cccc([N+](=O)[O-])c2)C(=O)Nc2cc(C)cc(C)c2)c1. The van der Waals surface area contributed by atoms with Gasteiger partial charge < -0.3 is 15.4 Å². The number of methoxy groups -OCH3 is 1. The highest BCUT2D eigenvalue weighted by atomic mass is 79.9. The van der Waals surface area contributed by atoms with E-state index in [-0.39, 0.29) is 16.9 Å². The molecule has 0 unspecified atom stereocenters. The number of nitro groups is 1. The number of nitrogens with zero attached hydrogens (tertiary/aromatic N) is 1. The molecule has 0 radical (unpaired) electrons. The van der Waals surface area contributed by atoms with Crippen molar-refractivity contribution >= 4 is 45.2 Å². The van der Waals surface area contributed by atoms with Crippen LogP contribution in [-0.4, -0.2) is 23.8 Å². The molecule has 3 aromatic rings. The summed E-state index contributed by atoms with van der Waals surface area (Å²) in [6.07, 6.45) is 1.39. The van der Waals surface area contributed by atoms with Gasteiger partial charge in [-0.1, -0.05) is 18.2 Å². The Bertz CT molecular complexity index is 1280. The lowest BCUT2D eigenvalue weighted by Crippen LogP contribution is -2.31. The number of anilines is 1. The topological polar surface area (TPSA) is 111 Å². The van der Waals surface area contributed by atoms with E-state index in [0.717, 1.165) is 11.1 Å². The standard InChI is InChI=1S/C25H22BrN3O5/c1-15-9-16(2)11-18(10-15)27-25(31)23(13-17-5-4-6-19(12-17)29(32)33)28-24(30)21-14-20(34-3)7-8-22(21)26/h4-14H,1-3H3,(H,27,31)(H,28,30)/b23-13+. The summed E-state index contributed by atoms with van der Waals surface area (Å²) in [5, 5.41) is 16.6. The van der Waals surface area contributed by atoms with E-state index in [2.05, 4.69) is 26.6 Å². The molecule has 0 bridgehead atoms. The van der Waals surface area contributed by atoms with Crippen molar-refractivity contribution in [2.45, 2.75) is 13.8 Å². The van der Waals surface area contributed by atoms with E-state index in [0.29, 0.717) is 21.5 Å². The molecule has 9 heteroatoms. The second-order valence-corrected chi connectivity index (χ2v) is 8.39. The largest absolute Gasteiger partial charge is 0.497 e. The molecule has 3 aromatic carbocycles. The first-order valence-corrected chi connectivity index (χ1v) is 11.0. The second-order valence-electron chi connectivity index (χ2n) is 7.54. The summed E-state index contributed by atoms with van der Waals surface area (Å²) in [6, 6.07) is 16.2. The molecule has 0 fully saturated rings. The average Bonchev–Trinajstić information content (AvgIpc) is 2.78. The Kier molecular flexibility index (Phi) is 7.80. The van der Waals surface area contributed by atoms with Gasteiger partial charge in [0.25, 0.3) is 17.5 Å². The van der Waals surface area contributed by atoms with E-state index in [9.17, 15) is 19.7 Å². The summed E-state index contributed by atoms with van der Waals surface area (Å²) in [5.41, 5.74) is 2.90. The predicted molar refractivity (Wildman–Crippen MR) is 134 cm³/mol. The summed E-state index contributed by atoms with van der Waals surface area (Å²) < 4.78 is 5.70. The lowest BCUT2D eigenvalue weighted by molar-refractivity contribution is -0.384. The van der Waals surface area contributed by atoms with Crippen LogP contribution in [0.4, 0.5) is 11.4 Å². The number of non-ortho nitro benzene ring substituents is 1. The number of aryl methyl sites for hydroxylation is 2. The zero-order valence-electron chi connectivity index (χ0n) is 18.7. The predicted octanol–water partition coefficient (Wildman–Crippen LogP) is 5.39. The number of benzene rings is 3. The quantitative estimate of drug-likeness (QED) is 0.245. The highest BCUT2D eigenvalue weighted by molar-refractivity contribution is 9.10. The number of rotatable bonds is 7. The molecular weight excluding hydrogens is 502 g/mol. The van der Waals surface area contributed by atoms with Gasteiger partial charge in [0.2, 0.25) is 0 Å². The van der Waals surface area contributed by atoms with E-state index in [1.165, 1.54) is 37.5 Å². The van der Waals surface area contributed by atoms with Crippen LogP contribution < -0.4 is 15.4 Å². The first kappa shape index (κ1) is 24.7. The van der Waals surface area contributed by atoms with Crippen LogP contribution in [0.5, 0.6) is 5.75 Å². The van der Waals surface area contributed by atoms with Crippen molar-refractivity contribution in [2.75, 3.05) is 12.4 Å². The minimum atomic E-state index is -0.580. The van der Waals surface area contributed by atoms with Crippen LogP contribution >= 0.6 is 15.9 Å².